The van der Waals surface area contributed by atoms with E-state index in [0.717, 1.165) is 38.0 Å². The number of benzene rings is 1. The van der Waals surface area contributed by atoms with Crippen LogP contribution in [-0.4, -0.2) is 50.4 Å². The lowest BCUT2D eigenvalue weighted by Gasteiger charge is -2.13. The lowest BCUT2D eigenvalue weighted by molar-refractivity contribution is -0.384. The molecule has 0 aliphatic carbocycles. The van der Waals surface area contributed by atoms with Gasteiger partial charge in [0, 0.05) is 45.5 Å². The van der Waals surface area contributed by atoms with Crippen molar-refractivity contribution in [3.8, 4) is 0 Å². The Labute approximate surface area is 170 Å². The topological polar surface area (TPSA) is 98.0 Å². The zero-order valence-corrected chi connectivity index (χ0v) is 17.3. The van der Waals surface area contributed by atoms with E-state index in [4.69, 9.17) is 9.47 Å². The molecule has 9 heteroatoms. The van der Waals surface area contributed by atoms with E-state index in [1.54, 1.807) is 19.2 Å². The Hall–Kier alpha value is -1.46. The van der Waals surface area contributed by atoms with Gasteiger partial charge in [0.05, 0.1) is 17.6 Å². The summed E-state index contributed by atoms with van der Waals surface area (Å²) in [6.07, 6.45) is 3.37. The molecule has 0 radical (unpaired) electrons. The summed E-state index contributed by atoms with van der Waals surface area (Å²) in [6, 6.07) is 6.46. The summed E-state index contributed by atoms with van der Waals surface area (Å²) in [5.41, 5.74) is 1.04. The van der Waals surface area contributed by atoms with Crippen LogP contribution >= 0.6 is 24.0 Å². The SMILES string of the molecule is CN=C(NCCCOCC1CCCO1)NCc1ccc([N+](=O)[O-])cc1.I. The Balaban J connectivity index is 0.00000338. The third-order valence-corrected chi connectivity index (χ3v) is 3.92. The molecule has 0 amide bonds. The summed E-state index contributed by atoms with van der Waals surface area (Å²) in [7, 11) is 1.71. The van der Waals surface area contributed by atoms with E-state index in [9.17, 15) is 10.1 Å². The lowest BCUT2D eigenvalue weighted by atomic mass is 10.2. The van der Waals surface area contributed by atoms with Gasteiger partial charge in [-0.2, -0.15) is 0 Å². The van der Waals surface area contributed by atoms with Crippen LogP contribution in [0.3, 0.4) is 0 Å². The molecule has 1 aliphatic rings. The smallest absolute Gasteiger partial charge is 0.269 e. The van der Waals surface area contributed by atoms with Crippen molar-refractivity contribution < 1.29 is 14.4 Å². The standard InChI is InChI=1S/C17H26N4O4.HI/c1-18-17(19-9-3-10-24-13-16-4-2-11-25-16)20-12-14-5-7-15(8-6-14)21(22)23;/h5-8,16H,2-4,9-13H2,1H3,(H2,18,19,20);1H. The second-order valence-corrected chi connectivity index (χ2v) is 5.84. The Morgan fingerprint density at radius 2 is 2.15 bits per heavy atom. The van der Waals surface area contributed by atoms with Crippen LogP contribution in [0.1, 0.15) is 24.8 Å². The number of guanidine groups is 1. The fourth-order valence-corrected chi connectivity index (χ4v) is 2.51. The minimum absolute atomic E-state index is 0. The van der Waals surface area contributed by atoms with Crippen LogP contribution in [0.4, 0.5) is 5.69 Å². The predicted molar refractivity (Wildman–Crippen MR) is 111 cm³/mol. The normalized spacial score (nSPS) is 16.8. The number of nitro groups is 1. The molecule has 1 atom stereocenters. The molecule has 1 unspecified atom stereocenters. The van der Waals surface area contributed by atoms with E-state index in [1.807, 2.05) is 0 Å². The fourth-order valence-electron chi connectivity index (χ4n) is 2.51. The van der Waals surface area contributed by atoms with Crippen LogP contribution < -0.4 is 10.6 Å². The van der Waals surface area contributed by atoms with Gasteiger partial charge in [-0.3, -0.25) is 15.1 Å². The lowest BCUT2D eigenvalue weighted by Crippen LogP contribution is -2.37. The number of hydrogen-bond acceptors (Lipinski definition) is 5. The first-order valence-corrected chi connectivity index (χ1v) is 8.56. The summed E-state index contributed by atoms with van der Waals surface area (Å²) >= 11 is 0. The molecule has 1 aromatic carbocycles. The molecule has 0 saturated carbocycles. The number of ether oxygens (including phenoxy) is 2. The molecule has 0 spiro atoms. The number of aliphatic imine (C=N–C) groups is 1. The summed E-state index contributed by atoms with van der Waals surface area (Å²) in [4.78, 5) is 14.4. The molecule has 1 aromatic rings. The molecule has 26 heavy (non-hydrogen) atoms. The molecule has 0 aromatic heterocycles. The van der Waals surface area contributed by atoms with Gasteiger partial charge >= 0.3 is 0 Å². The highest BCUT2D eigenvalue weighted by molar-refractivity contribution is 14.0. The number of rotatable bonds is 9. The van der Waals surface area contributed by atoms with Gasteiger partial charge in [-0.1, -0.05) is 12.1 Å². The number of nitro benzene ring substituents is 1. The molecule has 146 valence electrons. The van der Waals surface area contributed by atoms with Gasteiger partial charge in [0.15, 0.2) is 5.96 Å². The van der Waals surface area contributed by atoms with Gasteiger partial charge in [-0.15, -0.1) is 24.0 Å². The van der Waals surface area contributed by atoms with Crippen LogP contribution in [0.25, 0.3) is 0 Å². The predicted octanol–water partition coefficient (Wildman–Crippen LogP) is 2.46. The maximum atomic E-state index is 10.6. The molecule has 2 rings (SSSR count). The first-order valence-electron chi connectivity index (χ1n) is 8.56. The first-order chi connectivity index (χ1) is 12.2. The minimum Gasteiger partial charge on any atom is -0.379 e. The first kappa shape index (κ1) is 22.6. The van der Waals surface area contributed by atoms with Gasteiger partial charge < -0.3 is 20.1 Å². The van der Waals surface area contributed by atoms with Crippen LogP contribution in [0.15, 0.2) is 29.3 Å². The molecule has 1 saturated heterocycles. The minimum atomic E-state index is -0.404. The molecule has 1 aliphatic heterocycles. The van der Waals surface area contributed by atoms with Gasteiger partial charge in [-0.05, 0) is 24.8 Å². The van der Waals surface area contributed by atoms with Crippen molar-refractivity contribution in [1.29, 1.82) is 0 Å². The van der Waals surface area contributed by atoms with Crippen molar-refractivity contribution in [2.75, 3.05) is 33.4 Å². The zero-order chi connectivity index (χ0) is 17.9. The van der Waals surface area contributed by atoms with E-state index < -0.39 is 4.92 Å². The largest absolute Gasteiger partial charge is 0.379 e. The van der Waals surface area contributed by atoms with Crippen molar-refractivity contribution in [3.63, 3.8) is 0 Å². The van der Waals surface area contributed by atoms with Crippen LogP contribution in [0, 0.1) is 10.1 Å². The Morgan fingerprint density at radius 3 is 2.77 bits per heavy atom. The molecular formula is C17H27IN4O4. The van der Waals surface area contributed by atoms with Crippen molar-refractivity contribution in [2.45, 2.75) is 31.9 Å². The maximum absolute atomic E-state index is 10.6. The Bertz CT molecular complexity index is 562. The van der Waals surface area contributed by atoms with Crippen LogP contribution in [0.5, 0.6) is 0 Å². The average Bonchev–Trinajstić information content (AvgIpc) is 3.14. The van der Waals surface area contributed by atoms with E-state index in [-0.39, 0.29) is 35.8 Å². The third-order valence-electron chi connectivity index (χ3n) is 3.92. The highest BCUT2D eigenvalue weighted by Crippen LogP contribution is 2.12. The highest BCUT2D eigenvalue weighted by atomic mass is 127. The molecule has 1 fully saturated rings. The Kier molecular flexibility index (Phi) is 11.1. The Morgan fingerprint density at radius 1 is 1.38 bits per heavy atom. The monoisotopic (exact) mass is 478 g/mol. The van der Waals surface area contributed by atoms with Gasteiger partial charge in [0.1, 0.15) is 0 Å². The summed E-state index contributed by atoms with van der Waals surface area (Å²) in [5, 5.41) is 17.0. The molecule has 0 bridgehead atoms. The number of nitrogens with one attached hydrogen (secondary N) is 2. The average molecular weight is 478 g/mol. The summed E-state index contributed by atoms with van der Waals surface area (Å²) in [6.45, 7) is 3.52. The number of hydrogen-bond donors (Lipinski definition) is 2. The zero-order valence-electron chi connectivity index (χ0n) is 15.0. The second-order valence-electron chi connectivity index (χ2n) is 5.84. The van der Waals surface area contributed by atoms with E-state index in [0.29, 0.717) is 25.7 Å². The van der Waals surface area contributed by atoms with Gasteiger partial charge in [-0.25, -0.2) is 0 Å². The van der Waals surface area contributed by atoms with Gasteiger partial charge in [0.25, 0.3) is 5.69 Å². The van der Waals surface area contributed by atoms with Crippen LogP contribution in [-0.2, 0) is 16.0 Å². The van der Waals surface area contributed by atoms with Crippen LogP contribution in [0.2, 0.25) is 0 Å². The third kappa shape index (κ3) is 8.28. The summed E-state index contributed by atoms with van der Waals surface area (Å²) in [5.74, 6) is 0.692. The molecular weight excluding hydrogens is 451 g/mol. The van der Waals surface area contributed by atoms with E-state index in [1.165, 1.54) is 12.1 Å². The van der Waals surface area contributed by atoms with Crippen molar-refractivity contribution in [3.05, 3.63) is 39.9 Å². The highest BCUT2D eigenvalue weighted by Gasteiger charge is 2.14. The fraction of sp³-hybridized carbons (Fsp3) is 0.588. The quantitative estimate of drug-likeness (QED) is 0.141. The maximum Gasteiger partial charge on any atom is 0.269 e. The molecule has 2 N–H and O–H groups in total. The van der Waals surface area contributed by atoms with Crippen molar-refractivity contribution in [1.82, 2.24) is 10.6 Å². The van der Waals surface area contributed by atoms with Gasteiger partial charge in [0.2, 0.25) is 0 Å². The molecule has 1 heterocycles. The number of non-ortho nitro benzene ring substituents is 1. The van der Waals surface area contributed by atoms with Crippen molar-refractivity contribution >= 4 is 35.6 Å². The summed E-state index contributed by atoms with van der Waals surface area (Å²) < 4.78 is 11.1. The van der Waals surface area contributed by atoms with E-state index >= 15 is 0 Å². The van der Waals surface area contributed by atoms with E-state index in [2.05, 4.69) is 15.6 Å². The van der Waals surface area contributed by atoms with Crippen molar-refractivity contribution in [2.24, 2.45) is 4.99 Å². The molecule has 8 nitrogen and oxygen atoms in total. The second kappa shape index (κ2) is 12.8. The number of nitrogens with zero attached hydrogens (tertiary/aromatic N) is 2. The number of halogens is 1.